The van der Waals surface area contributed by atoms with E-state index in [0.29, 0.717) is 6.04 Å². The molecule has 0 aromatic heterocycles. The maximum Gasteiger partial charge on any atom is 0.227 e. The Morgan fingerprint density at radius 3 is 2.65 bits per heavy atom. The molecule has 0 aromatic rings. The maximum atomic E-state index is 12.6. The van der Waals surface area contributed by atoms with Gasteiger partial charge in [0.1, 0.15) is 0 Å². The third kappa shape index (κ3) is 3.65. The molecule has 1 heterocycles. The van der Waals surface area contributed by atoms with Crippen molar-refractivity contribution in [3.63, 3.8) is 0 Å². The SMILES string of the molecule is CC(C)N(C)C(=O)[C@H]1CCCN(C(=S)N[C@@H]2C[C@H]3CC[C@H]2C3)C1. The lowest BCUT2D eigenvalue weighted by Gasteiger charge is -2.37. The Bertz CT molecular complexity index is 467. The van der Waals surface area contributed by atoms with E-state index >= 15 is 0 Å². The van der Waals surface area contributed by atoms with E-state index in [4.69, 9.17) is 12.2 Å². The molecule has 23 heavy (non-hydrogen) atoms. The van der Waals surface area contributed by atoms with Crippen LogP contribution < -0.4 is 5.32 Å². The summed E-state index contributed by atoms with van der Waals surface area (Å²) < 4.78 is 0. The predicted octanol–water partition coefficient (Wildman–Crippen LogP) is 2.63. The van der Waals surface area contributed by atoms with Crippen molar-refractivity contribution < 1.29 is 4.79 Å². The second-order valence-electron chi connectivity index (χ2n) is 8.06. The molecule has 2 bridgehead atoms. The van der Waals surface area contributed by atoms with Crippen molar-refractivity contribution in [2.24, 2.45) is 17.8 Å². The van der Waals surface area contributed by atoms with Crippen molar-refractivity contribution in [1.82, 2.24) is 15.1 Å². The Balaban J connectivity index is 1.53. The van der Waals surface area contributed by atoms with E-state index in [2.05, 4.69) is 24.1 Å². The highest BCUT2D eigenvalue weighted by atomic mass is 32.1. The summed E-state index contributed by atoms with van der Waals surface area (Å²) in [6.45, 7) is 5.91. The summed E-state index contributed by atoms with van der Waals surface area (Å²) in [6, 6.07) is 0.840. The standard InChI is InChI=1S/C18H31N3OS/c1-12(2)20(3)17(22)15-5-4-8-21(11-15)18(23)19-16-10-13-6-7-14(16)9-13/h12-16H,4-11H2,1-3H3,(H,19,23)/t13-,14-,15-,16+/m0/s1. The molecule has 3 aliphatic rings. The Morgan fingerprint density at radius 2 is 2.04 bits per heavy atom. The summed E-state index contributed by atoms with van der Waals surface area (Å²) in [4.78, 5) is 16.7. The largest absolute Gasteiger partial charge is 0.360 e. The first-order chi connectivity index (χ1) is 11.0. The average Bonchev–Trinajstić information content (AvgIpc) is 3.16. The molecule has 0 spiro atoms. The fraction of sp³-hybridized carbons (Fsp3) is 0.889. The molecule has 1 aliphatic heterocycles. The van der Waals surface area contributed by atoms with Crippen molar-refractivity contribution in [2.45, 2.75) is 64.5 Å². The lowest BCUT2D eigenvalue weighted by Crippen LogP contribution is -2.52. The second-order valence-corrected chi connectivity index (χ2v) is 8.45. The smallest absolute Gasteiger partial charge is 0.227 e. The van der Waals surface area contributed by atoms with Crippen LogP contribution in [-0.4, -0.2) is 53.0 Å². The van der Waals surface area contributed by atoms with E-state index in [1.54, 1.807) is 0 Å². The number of thiocarbonyl (C=S) groups is 1. The van der Waals surface area contributed by atoms with Crippen LogP contribution in [0.3, 0.4) is 0 Å². The molecule has 1 amide bonds. The maximum absolute atomic E-state index is 12.6. The highest BCUT2D eigenvalue weighted by molar-refractivity contribution is 7.80. The van der Waals surface area contributed by atoms with Crippen LogP contribution in [-0.2, 0) is 4.79 Å². The molecule has 2 aliphatic carbocycles. The van der Waals surface area contributed by atoms with Gasteiger partial charge in [0.15, 0.2) is 5.11 Å². The Kier molecular flexibility index (Phi) is 5.14. The number of carbonyl (C=O) groups excluding carboxylic acids is 1. The lowest BCUT2D eigenvalue weighted by molar-refractivity contribution is -0.137. The number of hydrogen-bond donors (Lipinski definition) is 1. The van der Waals surface area contributed by atoms with Gasteiger partial charge in [0.05, 0.1) is 5.92 Å². The number of piperidine rings is 1. The molecule has 5 heteroatoms. The number of hydrogen-bond acceptors (Lipinski definition) is 2. The van der Waals surface area contributed by atoms with E-state index in [1.165, 1.54) is 25.7 Å². The van der Waals surface area contributed by atoms with E-state index in [1.807, 2.05) is 11.9 Å². The Labute approximate surface area is 146 Å². The fourth-order valence-electron chi connectivity index (χ4n) is 4.58. The zero-order valence-electron chi connectivity index (χ0n) is 14.8. The topological polar surface area (TPSA) is 35.6 Å². The van der Waals surface area contributed by atoms with Crippen molar-refractivity contribution in [2.75, 3.05) is 20.1 Å². The number of nitrogens with zero attached hydrogens (tertiary/aromatic N) is 2. The number of rotatable bonds is 3. The minimum Gasteiger partial charge on any atom is -0.360 e. The normalized spacial score (nSPS) is 33.1. The van der Waals surface area contributed by atoms with Gasteiger partial charge in [-0.1, -0.05) is 6.42 Å². The van der Waals surface area contributed by atoms with Gasteiger partial charge in [-0.25, -0.2) is 0 Å². The number of nitrogens with one attached hydrogen (secondary N) is 1. The van der Waals surface area contributed by atoms with Crippen molar-refractivity contribution in [3.05, 3.63) is 0 Å². The summed E-state index contributed by atoms with van der Waals surface area (Å²) in [5.74, 6) is 2.12. The van der Waals surface area contributed by atoms with Crippen LogP contribution in [0.1, 0.15) is 52.4 Å². The Hall–Kier alpha value is -0.840. The average molecular weight is 338 g/mol. The van der Waals surface area contributed by atoms with Gasteiger partial charge >= 0.3 is 0 Å². The third-order valence-electron chi connectivity index (χ3n) is 6.23. The zero-order chi connectivity index (χ0) is 16.6. The third-order valence-corrected chi connectivity index (χ3v) is 6.60. The van der Waals surface area contributed by atoms with Crippen molar-refractivity contribution in [1.29, 1.82) is 0 Å². The monoisotopic (exact) mass is 337 g/mol. The minimum atomic E-state index is 0.0935. The molecule has 2 saturated carbocycles. The first-order valence-electron chi connectivity index (χ1n) is 9.27. The lowest BCUT2D eigenvalue weighted by atomic mass is 9.95. The van der Waals surface area contributed by atoms with Gasteiger partial charge < -0.3 is 15.1 Å². The zero-order valence-corrected chi connectivity index (χ0v) is 15.6. The van der Waals surface area contributed by atoms with Crippen LogP contribution in [0.25, 0.3) is 0 Å². The minimum absolute atomic E-state index is 0.0935. The van der Waals surface area contributed by atoms with Crippen LogP contribution >= 0.6 is 12.2 Å². The van der Waals surface area contributed by atoms with Gasteiger partial charge in [-0.2, -0.15) is 0 Å². The fourth-order valence-corrected chi connectivity index (χ4v) is 4.89. The molecule has 4 atom stereocenters. The molecule has 0 radical (unpaired) electrons. The number of amides is 1. The number of likely N-dealkylation sites (tertiary alicyclic amines) is 1. The quantitative estimate of drug-likeness (QED) is 0.803. The molecular weight excluding hydrogens is 306 g/mol. The molecular formula is C18H31N3OS. The molecule has 1 saturated heterocycles. The van der Waals surface area contributed by atoms with Crippen LogP contribution in [0, 0.1) is 17.8 Å². The summed E-state index contributed by atoms with van der Waals surface area (Å²) >= 11 is 5.67. The summed E-state index contributed by atoms with van der Waals surface area (Å²) in [5.41, 5.74) is 0. The summed E-state index contributed by atoms with van der Waals surface area (Å²) in [6.07, 6.45) is 7.50. The van der Waals surface area contributed by atoms with Crippen molar-refractivity contribution in [3.8, 4) is 0 Å². The summed E-state index contributed by atoms with van der Waals surface area (Å²) in [7, 11) is 1.91. The predicted molar refractivity (Wildman–Crippen MR) is 97.2 cm³/mol. The first kappa shape index (κ1) is 17.0. The van der Waals surface area contributed by atoms with E-state index < -0.39 is 0 Å². The van der Waals surface area contributed by atoms with Crippen LogP contribution in [0.5, 0.6) is 0 Å². The second kappa shape index (κ2) is 6.96. The highest BCUT2D eigenvalue weighted by Crippen LogP contribution is 2.44. The van der Waals surface area contributed by atoms with Gasteiger partial charge in [0, 0.05) is 32.2 Å². The van der Waals surface area contributed by atoms with E-state index in [-0.39, 0.29) is 17.9 Å². The molecule has 3 rings (SSSR count). The van der Waals surface area contributed by atoms with Crippen LogP contribution in [0.4, 0.5) is 0 Å². The van der Waals surface area contributed by atoms with Crippen molar-refractivity contribution >= 4 is 23.2 Å². The molecule has 4 nitrogen and oxygen atoms in total. The first-order valence-corrected chi connectivity index (χ1v) is 9.68. The van der Waals surface area contributed by atoms with Gasteiger partial charge in [-0.3, -0.25) is 4.79 Å². The Morgan fingerprint density at radius 1 is 1.26 bits per heavy atom. The van der Waals surface area contributed by atoms with E-state index in [0.717, 1.165) is 42.9 Å². The molecule has 1 N–H and O–H groups in total. The molecule has 0 aromatic carbocycles. The van der Waals surface area contributed by atoms with Crippen LogP contribution in [0.15, 0.2) is 0 Å². The molecule has 3 fully saturated rings. The van der Waals surface area contributed by atoms with Gasteiger partial charge in [-0.05, 0) is 70.0 Å². The number of fused-ring (bicyclic) bond motifs is 2. The highest BCUT2D eigenvalue weighted by Gasteiger charge is 2.40. The van der Waals surface area contributed by atoms with Crippen LogP contribution in [0.2, 0.25) is 0 Å². The molecule has 0 unspecified atom stereocenters. The number of carbonyl (C=O) groups is 1. The summed E-state index contributed by atoms with van der Waals surface area (Å²) in [5, 5.41) is 4.51. The van der Waals surface area contributed by atoms with Gasteiger partial charge in [-0.15, -0.1) is 0 Å². The molecule has 130 valence electrons. The van der Waals surface area contributed by atoms with Gasteiger partial charge in [0.2, 0.25) is 5.91 Å². The van der Waals surface area contributed by atoms with E-state index in [9.17, 15) is 4.79 Å². The van der Waals surface area contributed by atoms with Gasteiger partial charge in [0.25, 0.3) is 0 Å².